The van der Waals surface area contributed by atoms with Gasteiger partial charge in [0.2, 0.25) is 0 Å². The molecule has 0 atom stereocenters. The zero-order valence-electron chi connectivity index (χ0n) is 21.7. The summed E-state index contributed by atoms with van der Waals surface area (Å²) in [4.78, 5) is 39.7. The molecule has 7 nitrogen and oxygen atoms in total. The first-order valence-corrected chi connectivity index (χ1v) is 13.7. The third-order valence-corrected chi connectivity index (χ3v) is 7.23. The lowest BCUT2D eigenvalue weighted by Crippen LogP contribution is -2.54. The topological polar surface area (TPSA) is 84.9 Å². The summed E-state index contributed by atoms with van der Waals surface area (Å²) in [6.07, 6.45) is 1.42. The Morgan fingerprint density at radius 1 is 0.975 bits per heavy atom. The second-order valence-corrected chi connectivity index (χ2v) is 10.4. The number of ether oxygens (including phenoxy) is 2. The van der Waals surface area contributed by atoms with E-state index in [0.29, 0.717) is 51.0 Å². The summed E-state index contributed by atoms with van der Waals surface area (Å²) >= 11 is 9.68. The molecular weight excluding hydrogens is 596 g/mol. The quantitative estimate of drug-likeness (QED) is 0.175. The standard InChI is InChI=1S/C31H24BrClN2O5/c1-3-39-27-15-19(14-25(32)28(27)40-17-21-9-6-8-20-7-4-5-10-23(20)21)13-24-29(36)34-31(38)35(30(24)37)26-16-22(33)12-11-18(26)2/h4-16H,3,17H2,1-2H3,(H,34,36,38)/b24-13+. The Kier molecular flexibility index (Phi) is 7.91. The summed E-state index contributed by atoms with van der Waals surface area (Å²) < 4.78 is 12.7. The molecule has 1 heterocycles. The van der Waals surface area contributed by atoms with Crippen molar-refractivity contribution in [2.45, 2.75) is 20.5 Å². The van der Waals surface area contributed by atoms with E-state index in [1.807, 2.05) is 49.4 Å². The molecule has 9 heteroatoms. The molecule has 40 heavy (non-hydrogen) atoms. The molecule has 0 radical (unpaired) electrons. The number of nitrogens with one attached hydrogen (secondary N) is 1. The van der Waals surface area contributed by atoms with Gasteiger partial charge in [-0.1, -0.05) is 60.1 Å². The maximum atomic E-state index is 13.4. The van der Waals surface area contributed by atoms with Gasteiger partial charge in [0.25, 0.3) is 11.8 Å². The van der Waals surface area contributed by atoms with Crippen LogP contribution in [0.1, 0.15) is 23.6 Å². The molecule has 4 aromatic rings. The van der Waals surface area contributed by atoms with Crippen LogP contribution < -0.4 is 19.7 Å². The van der Waals surface area contributed by atoms with Gasteiger partial charge < -0.3 is 9.47 Å². The van der Waals surface area contributed by atoms with E-state index in [1.54, 1.807) is 31.2 Å². The number of amides is 4. The third-order valence-electron chi connectivity index (χ3n) is 6.41. The molecule has 0 spiro atoms. The van der Waals surface area contributed by atoms with Crippen LogP contribution in [0.5, 0.6) is 11.5 Å². The van der Waals surface area contributed by atoms with Crippen molar-refractivity contribution in [1.29, 1.82) is 0 Å². The zero-order chi connectivity index (χ0) is 28.4. The number of benzene rings is 4. The molecule has 202 valence electrons. The maximum absolute atomic E-state index is 13.4. The summed E-state index contributed by atoms with van der Waals surface area (Å²) in [6.45, 7) is 4.27. The molecule has 1 aliphatic rings. The summed E-state index contributed by atoms with van der Waals surface area (Å²) in [5, 5.41) is 4.81. The van der Waals surface area contributed by atoms with Crippen molar-refractivity contribution in [3.8, 4) is 11.5 Å². The van der Waals surface area contributed by atoms with Crippen LogP contribution in [0.4, 0.5) is 10.5 Å². The molecule has 0 unspecified atom stereocenters. The number of carbonyl (C=O) groups excluding carboxylic acids is 3. The Morgan fingerprint density at radius 2 is 1.75 bits per heavy atom. The first-order valence-electron chi connectivity index (χ1n) is 12.5. The Balaban J connectivity index is 1.48. The highest BCUT2D eigenvalue weighted by atomic mass is 79.9. The van der Waals surface area contributed by atoms with E-state index in [-0.39, 0.29) is 5.57 Å². The van der Waals surface area contributed by atoms with Gasteiger partial charge in [0.1, 0.15) is 12.2 Å². The molecule has 0 saturated carbocycles. The number of barbiturate groups is 1. The predicted octanol–water partition coefficient (Wildman–Crippen LogP) is 7.21. The number of nitrogens with zero attached hydrogens (tertiary/aromatic N) is 1. The minimum Gasteiger partial charge on any atom is -0.490 e. The number of fused-ring (bicyclic) bond motifs is 1. The van der Waals surface area contributed by atoms with E-state index >= 15 is 0 Å². The van der Waals surface area contributed by atoms with Crippen molar-refractivity contribution in [2.24, 2.45) is 0 Å². The number of halogens is 2. The summed E-state index contributed by atoms with van der Waals surface area (Å²) in [5.41, 5.74) is 2.25. The second kappa shape index (κ2) is 11.5. The maximum Gasteiger partial charge on any atom is 0.335 e. The Hall–Kier alpha value is -4.14. The average molecular weight is 620 g/mol. The summed E-state index contributed by atoms with van der Waals surface area (Å²) in [7, 11) is 0. The number of hydrogen-bond acceptors (Lipinski definition) is 5. The molecule has 1 fully saturated rings. The number of urea groups is 1. The number of anilines is 1. The number of imide groups is 2. The van der Waals surface area contributed by atoms with E-state index in [4.69, 9.17) is 21.1 Å². The third kappa shape index (κ3) is 5.46. The number of rotatable bonds is 7. The van der Waals surface area contributed by atoms with Crippen molar-refractivity contribution in [3.63, 3.8) is 0 Å². The van der Waals surface area contributed by atoms with Gasteiger partial charge in [-0.05, 0) is 87.6 Å². The van der Waals surface area contributed by atoms with Crippen LogP contribution in [0.25, 0.3) is 16.8 Å². The van der Waals surface area contributed by atoms with Gasteiger partial charge >= 0.3 is 6.03 Å². The van der Waals surface area contributed by atoms with Crippen molar-refractivity contribution in [3.05, 3.63) is 105 Å². The lowest BCUT2D eigenvalue weighted by Gasteiger charge is -2.27. The van der Waals surface area contributed by atoms with Gasteiger partial charge in [-0.15, -0.1) is 0 Å². The summed E-state index contributed by atoms with van der Waals surface area (Å²) in [6, 6.07) is 21.6. The minimum absolute atomic E-state index is 0.210. The Morgan fingerprint density at radius 3 is 2.55 bits per heavy atom. The van der Waals surface area contributed by atoms with Crippen LogP contribution in [-0.2, 0) is 16.2 Å². The number of aryl methyl sites for hydroxylation is 1. The highest BCUT2D eigenvalue weighted by molar-refractivity contribution is 9.10. The Bertz CT molecular complexity index is 1700. The highest BCUT2D eigenvalue weighted by Gasteiger charge is 2.37. The van der Waals surface area contributed by atoms with Crippen LogP contribution in [0.3, 0.4) is 0 Å². The van der Waals surface area contributed by atoms with Gasteiger partial charge in [-0.25, -0.2) is 9.69 Å². The molecule has 1 saturated heterocycles. The molecule has 0 bridgehead atoms. The first kappa shape index (κ1) is 27.4. The van der Waals surface area contributed by atoms with Crippen molar-refractivity contribution in [1.82, 2.24) is 5.32 Å². The molecule has 4 amide bonds. The fourth-order valence-corrected chi connectivity index (χ4v) is 5.25. The highest BCUT2D eigenvalue weighted by Crippen LogP contribution is 2.39. The van der Waals surface area contributed by atoms with Crippen LogP contribution in [0.15, 0.2) is 82.8 Å². The lowest BCUT2D eigenvalue weighted by molar-refractivity contribution is -0.122. The van der Waals surface area contributed by atoms with Crippen LogP contribution >= 0.6 is 27.5 Å². The molecule has 5 rings (SSSR count). The molecule has 1 N–H and O–H groups in total. The molecular formula is C31H24BrClN2O5. The molecule has 0 aromatic heterocycles. The second-order valence-electron chi connectivity index (χ2n) is 9.08. The van der Waals surface area contributed by atoms with Gasteiger partial charge in [0.15, 0.2) is 11.5 Å². The van der Waals surface area contributed by atoms with Gasteiger partial charge in [-0.2, -0.15) is 0 Å². The Labute approximate surface area is 244 Å². The minimum atomic E-state index is -0.842. The van der Waals surface area contributed by atoms with E-state index < -0.39 is 17.8 Å². The molecule has 4 aromatic carbocycles. The largest absolute Gasteiger partial charge is 0.490 e. The van der Waals surface area contributed by atoms with Crippen molar-refractivity contribution in [2.75, 3.05) is 11.5 Å². The number of hydrogen-bond donors (Lipinski definition) is 1. The average Bonchev–Trinajstić information content (AvgIpc) is 2.92. The molecule has 0 aliphatic carbocycles. The smallest absolute Gasteiger partial charge is 0.335 e. The van der Waals surface area contributed by atoms with Crippen LogP contribution in [-0.4, -0.2) is 24.5 Å². The first-order chi connectivity index (χ1) is 19.3. The fraction of sp³-hybridized carbons (Fsp3) is 0.129. The van der Waals surface area contributed by atoms with E-state index in [2.05, 4.69) is 21.2 Å². The predicted molar refractivity (Wildman–Crippen MR) is 159 cm³/mol. The lowest BCUT2D eigenvalue weighted by atomic mass is 10.0. The molecule has 1 aliphatic heterocycles. The van der Waals surface area contributed by atoms with Crippen molar-refractivity contribution >= 4 is 67.9 Å². The van der Waals surface area contributed by atoms with Gasteiger partial charge in [0, 0.05) is 5.02 Å². The summed E-state index contributed by atoms with van der Waals surface area (Å²) in [5.74, 6) is -0.630. The normalized spacial score (nSPS) is 14.6. The SMILES string of the molecule is CCOc1cc(/C=C2\C(=O)NC(=O)N(c3cc(Cl)ccc3C)C2=O)cc(Br)c1OCc1cccc2ccccc12. The van der Waals surface area contributed by atoms with E-state index in [0.717, 1.165) is 21.2 Å². The van der Waals surface area contributed by atoms with E-state index in [1.165, 1.54) is 12.1 Å². The van der Waals surface area contributed by atoms with E-state index in [9.17, 15) is 14.4 Å². The monoisotopic (exact) mass is 618 g/mol. The fourth-order valence-electron chi connectivity index (χ4n) is 4.51. The number of carbonyl (C=O) groups is 3. The van der Waals surface area contributed by atoms with Gasteiger partial charge in [-0.3, -0.25) is 14.9 Å². The van der Waals surface area contributed by atoms with Crippen LogP contribution in [0.2, 0.25) is 5.02 Å². The zero-order valence-corrected chi connectivity index (χ0v) is 24.0. The van der Waals surface area contributed by atoms with Gasteiger partial charge in [0.05, 0.1) is 16.8 Å². The van der Waals surface area contributed by atoms with Crippen LogP contribution in [0, 0.1) is 6.92 Å². The van der Waals surface area contributed by atoms with Crippen molar-refractivity contribution < 1.29 is 23.9 Å².